The first-order valence-corrected chi connectivity index (χ1v) is 10.3. The van der Waals surface area contributed by atoms with Crippen molar-refractivity contribution >= 4 is 33.8 Å². The van der Waals surface area contributed by atoms with Crippen LogP contribution in [0.2, 0.25) is 0 Å². The number of thiazole rings is 1. The number of carbonyl (C=O) groups is 1. The van der Waals surface area contributed by atoms with Crippen molar-refractivity contribution in [2.75, 3.05) is 74.1 Å². The number of carbonyl (C=O) groups excluding carboxylic acids is 1. The molecule has 0 radical (unpaired) electrons. The number of hydrogen-bond donors (Lipinski definition) is 1. The average Bonchev–Trinajstić information content (AvgIpc) is 3.25. The Labute approximate surface area is 163 Å². The zero-order valence-electron chi connectivity index (χ0n) is 15.3. The van der Waals surface area contributed by atoms with Crippen LogP contribution < -0.4 is 15.1 Å². The van der Waals surface area contributed by atoms with Crippen molar-refractivity contribution in [1.29, 1.82) is 0 Å². The van der Waals surface area contributed by atoms with Gasteiger partial charge in [0.25, 0.3) is 0 Å². The summed E-state index contributed by atoms with van der Waals surface area (Å²) in [6, 6.07) is 8.08. The molecule has 4 rings (SSSR count). The zero-order chi connectivity index (χ0) is 18.5. The summed E-state index contributed by atoms with van der Waals surface area (Å²) in [6.45, 7) is 7.38. The van der Waals surface area contributed by atoms with Crippen molar-refractivity contribution in [2.45, 2.75) is 0 Å². The number of ether oxygens (including phenoxy) is 1. The molecule has 27 heavy (non-hydrogen) atoms. The van der Waals surface area contributed by atoms with E-state index in [-0.39, 0.29) is 5.91 Å². The smallest absolute Gasteiger partial charge is 0.238 e. The molecule has 0 spiro atoms. The van der Waals surface area contributed by atoms with Gasteiger partial charge in [0.2, 0.25) is 5.91 Å². The molecule has 1 N–H and O–H groups in total. The number of benzene rings is 1. The Balaban J connectivity index is 1.23. The number of nitrogens with one attached hydrogen (secondary N) is 1. The molecule has 3 heterocycles. The highest BCUT2D eigenvalue weighted by Gasteiger charge is 2.20. The van der Waals surface area contributed by atoms with E-state index in [2.05, 4.69) is 37.1 Å². The number of rotatable bonds is 5. The number of hydrogen-bond acceptors (Lipinski definition) is 7. The van der Waals surface area contributed by atoms with E-state index in [0.717, 1.165) is 63.3 Å². The monoisotopic (exact) mass is 387 g/mol. The lowest BCUT2D eigenvalue weighted by Crippen LogP contribution is -2.48. The predicted molar refractivity (Wildman–Crippen MR) is 109 cm³/mol. The van der Waals surface area contributed by atoms with Gasteiger partial charge in [-0.2, -0.15) is 0 Å². The molecule has 0 atom stereocenters. The van der Waals surface area contributed by atoms with Crippen molar-refractivity contribution in [3.8, 4) is 0 Å². The number of anilines is 3. The molecule has 0 aliphatic carbocycles. The van der Waals surface area contributed by atoms with Crippen LogP contribution in [0.25, 0.3) is 0 Å². The van der Waals surface area contributed by atoms with Gasteiger partial charge in [0.05, 0.1) is 19.8 Å². The summed E-state index contributed by atoms with van der Waals surface area (Å²) in [5, 5.41) is 6.08. The van der Waals surface area contributed by atoms with Gasteiger partial charge < -0.3 is 19.9 Å². The lowest BCUT2D eigenvalue weighted by molar-refractivity contribution is -0.117. The maximum atomic E-state index is 12.4. The van der Waals surface area contributed by atoms with Crippen LogP contribution in [0, 0.1) is 0 Å². The summed E-state index contributed by atoms with van der Waals surface area (Å²) in [4.78, 5) is 23.5. The quantitative estimate of drug-likeness (QED) is 0.843. The molecule has 2 saturated heterocycles. The minimum atomic E-state index is 0.0387. The Hall–Kier alpha value is -2.16. The number of amides is 1. The second-order valence-corrected chi connectivity index (χ2v) is 7.65. The highest BCUT2D eigenvalue weighted by Crippen LogP contribution is 2.20. The van der Waals surface area contributed by atoms with Gasteiger partial charge in [0, 0.05) is 62.2 Å². The molecule has 2 fully saturated rings. The zero-order valence-corrected chi connectivity index (χ0v) is 16.2. The molecule has 1 aromatic carbocycles. The fraction of sp³-hybridized carbons (Fsp3) is 0.474. The summed E-state index contributed by atoms with van der Waals surface area (Å²) < 4.78 is 5.39. The van der Waals surface area contributed by atoms with Gasteiger partial charge in [0.15, 0.2) is 5.13 Å². The van der Waals surface area contributed by atoms with E-state index in [0.29, 0.717) is 6.54 Å². The van der Waals surface area contributed by atoms with Crippen LogP contribution in [-0.4, -0.2) is 74.8 Å². The van der Waals surface area contributed by atoms with E-state index in [1.165, 1.54) is 5.69 Å². The summed E-state index contributed by atoms with van der Waals surface area (Å²) >= 11 is 1.66. The molecule has 7 nitrogen and oxygen atoms in total. The Morgan fingerprint density at radius 3 is 2.44 bits per heavy atom. The SMILES string of the molecule is O=C(CN1CCN(c2nccs2)CC1)Nc1ccc(N2CCOCC2)cc1. The first kappa shape index (κ1) is 18.2. The molecular formula is C19H25N5O2S. The van der Waals surface area contributed by atoms with E-state index in [1.54, 1.807) is 11.3 Å². The van der Waals surface area contributed by atoms with Gasteiger partial charge in [-0.3, -0.25) is 9.69 Å². The first-order chi connectivity index (χ1) is 13.3. The van der Waals surface area contributed by atoms with Crippen molar-refractivity contribution in [3.63, 3.8) is 0 Å². The molecule has 2 aromatic rings. The van der Waals surface area contributed by atoms with Gasteiger partial charge in [-0.05, 0) is 24.3 Å². The molecule has 2 aliphatic heterocycles. The van der Waals surface area contributed by atoms with E-state index in [9.17, 15) is 4.79 Å². The predicted octanol–water partition coefficient (Wildman–Crippen LogP) is 1.74. The number of nitrogens with zero attached hydrogens (tertiary/aromatic N) is 4. The molecule has 0 bridgehead atoms. The Morgan fingerprint density at radius 2 is 1.78 bits per heavy atom. The van der Waals surface area contributed by atoms with E-state index >= 15 is 0 Å². The van der Waals surface area contributed by atoms with Crippen LogP contribution in [-0.2, 0) is 9.53 Å². The summed E-state index contributed by atoms with van der Waals surface area (Å²) in [5.74, 6) is 0.0387. The molecule has 8 heteroatoms. The third-order valence-corrected chi connectivity index (χ3v) is 5.79. The van der Waals surface area contributed by atoms with Gasteiger partial charge in [-0.1, -0.05) is 0 Å². The second kappa shape index (κ2) is 8.69. The summed E-state index contributed by atoms with van der Waals surface area (Å²) in [5.41, 5.74) is 2.02. The van der Waals surface area contributed by atoms with Crippen LogP contribution in [0.15, 0.2) is 35.8 Å². The largest absolute Gasteiger partial charge is 0.378 e. The maximum Gasteiger partial charge on any atom is 0.238 e. The average molecular weight is 388 g/mol. The van der Waals surface area contributed by atoms with Crippen LogP contribution >= 0.6 is 11.3 Å². The number of morpholine rings is 1. The molecular weight excluding hydrogens is 362 g/mol. The molecule has 1 amide bonds. The van der Waals surface area contributed by atoms with Gasteiger partial charge in [-0.25, -0.2) is 4.98 Å². The van der Waals surface area contributed by atoms with Crippen LogP contribution in [0.3, 0.4) is 0 Å². The lowest BCUT2D eigenvalue weighted by Gasteiger charge is -2.34. The molecule has 144 valence electrons. The van der Waals surface area contributed by atoms with Crippen molar-refractivity contribution in [3.05, 3.63) is 35.8 Å². The first-order valence-electron chi connectivity index (χ1n) is 9.37. The molecule has 0 unspecified atom stereocenters. The topological polar surface area (TPSA) is 60.9 Å². The summed E-state index contributed by atoms with van der Waals surface area (Å²) in [6.07, 6.45) is 1.84. The van der Waals surface area contributed by atoms with Gasteiger partial charge >= 0.3 is 0 Å². The van der Waals surface area contributed by atoms with Gasteiger partial charge in [-0.15, -0.1) is 11.3 Å². The summed E-state index contributed by atoms with van der Waals surface area (Å²) in [7, 11) is 0. The Kier molecular flexibility index (Phi) is 5.86. The fourth-order valence-corrected chi connectivity index (χ4v) is 4.15. The van der Waals surface area contributed by atoms with Crippen LogP contribution in [0.1, 0.15) is 0 Å². The Morgan fingerprint density at radius 1 is 1.04 bits per heavy atom. The lowest BCUT2D eigenvalue weighted by atomic mass is 10.2. The highest BCUT2D eigenvalue weighted by atomic mass is 32.1. The van der Waals surface area contributed by atoms with Crippen LogP contribution in [0.5, 0.6) is 0 Å². The molecule has 0 saturated carbocycles. The van der Waals surface area contributed by atoms with Crippen LogP contribution in [0.4, 0.5) is 16.5 Å². The third-order valence-electron chi connectivity index (χ3n) is 4.96. The number of aromatic nitrogens is 1. The van der Waals surface area contributed by atoms with Crippen molar-refractivity contribution in [2.24, 2.45) is 0 Å². The normalized spacial score (nSPS) is 18.5. The van der Waals surface area contributed by atoms with Crippen molar-refractivity contribution in [1.82, 2.24) is 9.88 Å². The van der Waals surface area contributed by atoms with E-state index in [4.69, 9.17) is 4.74 Å². The minimum Gasteiger partial charge on any atom is -0.378 e. The second-order valence-electron chi connectivity index (χ2n) is 6.77. The standard InChI is InChI=1S/C19H25N5O2S/c25-18(15-22-6-8-24(9-7-22)19-20-5-14-27-19)21-16-1-3-17(4-2-16)23-10-12-26-13-11-23/h1-5,14H,6-13,15H2,(H,21,25). The third kappa shape index (κ3) is 4.77. The van der Waals surface area contributed by atoms with E-state index < -0.39 is 0 Å². The highest BCUT2D eigenvalue weighted by molar-refractivity contribution is 7.13. The molecule has 1 aromatic heterocycles. The minimum absolute atomic E-state index is 0.0387. The van der Waals surface area contributed by atoms with Gasteiger partial charge in [0.1, 0.15) is 0 Å². The Bertz CT molecular complexity index is 723. The molecule has 2 aliphatic rings. The van der Waals surface area contributed by atoms with Crippen molar-refractivity contribution < 1.29 is 9.53 Å². The maximum absolute atomic E-state index is 12.4. The van der Waals surface area contributed by atoms with E-state index in [1.807, 2.05) is 23.7 Å². The number of piperazine rings is 1. The fourth-order valence-electron chi connectivity index (χ4n) is 3.45.